The summed E-state index contributed by atoms with van der Waals surface area (Å²) in [5.41, 5.74) is 9.62. The van der Waals surface area contributed by atoms with E-state index in [0.717, 1.165) is 21.3 Å². The standard InChI is InChI=1S/C18H17BrN4O/c1-11-7-12(2)9-13(8-11)24-18-16(20)17(21-10-22-18)23-15-6-4-3-5-14(15)19/h3-10H,20H2,1-2H3,(H,21,22,23). The molecule has 3 aromatic rings. The van der Waals surface area contributed by atoms with Gasteiger partial charge in [0.05, 0.1) is 5.69 Å². The van der Waals surface area contributed by atoms with E-state index < -0.39 is 0 Å². The molecule has 0 spiro atoms. The first kappa shape index (κ1) is 16.3. The van der Waals surface area contributed by atoms with E-state index in [4.69, 9.17) is 10.5 Å². The lowest BCUT2D eigenvalue weighted by Gasteiger charge is -2.13. The fraction of sp³-hybridized carbons (Fsp3) is 0.111. The van der Waals surface area contributed by atoms with Gasteiger partial charge in [0.2, 0.25) is 5.88 Å². The molecule has 0 fully saturated rings. The van der Waals surface area contributed by atoms with Crippen LogP contribution in [0.4, 0.5) is 17.2 Å². The van der Waals surface area contributed by atoms with Gasteiger partial charge in [0.25, 0.3) is 0 Å². The van der Waals surface area contributed by atoms with Gasteiger partial charge in [-0.1, -0.05) is 18.2 Å². The number of para-hydroxylation sites is 1. The molecule has 0 amide bonds. The normalized spacial score (nSPS) is 10.5. The number of aryl methyl sites for hydroxylation is 2. The average Bonchev–Trinajstić information content (AvgIpc) is 2.52. The molecule has 0 radical (unpaired) electrons. The summed E-state index contributed by atoms with van der Waals surface area (Å²) in [6.45, 7) is 4.03. The molecule has 0 saturated heterocycles. The molecule has 24 heavy (non-hydrogen) atoms. The Balaban J connectivity index is 1.89. The van der Waals surface area contributed by atoms with Crippen LogP contribution < -0.4 is 15.8 Å². The van der Waals surface area contributed by atoms with E-state index in [1.165, 1.54) is 6.33 Å². The monoisotopic (exact) mass is 384 g/mol. The van der Waals surface area contributed by atoms with Gasteiger partial charge >= 0.3 is 0 Å². The summed E-state index contributed by atoms with van der Waals surface area (Å²) in [5, 5.41) is 3.19. The molecule has 0 saturated carbocycles. The molecule has 1 heterocycles. The number of rotatable bonds is 4. The van der Waals surface area contributed by atoms with Gasteiger partial charge in [-0.2, -0.15) is 4.98 Å². The number of halogens is 1. The molecule has 2 aromatic carbocycles. The summed E-state index contributed by atoms with van der Waals surface area (Å²) in [6.07, 6.45) is 1.42. The molecule has 0 aliphatic carbocycles. The molecule has 1 aromatic heterocycles. The van der Waals surface area contributed by atoms with E-state index in [0.29, 0.717) is 23.1 Å². The van der Waals surface area contributed by atoms with Gasteiger partial charge in [-0.15, -0.1) is 0 Å². The summed E-state index contributed by atoms with van der Waals surface area (Å²) < 4.78 is 6.77. The first-order valence-corrected chi connectivity index (χ1v) is 8.20. The third-order valence-corrected chi connectivity index (χ3v) is 4.08. The van der Waals surface area contributed by atoms with Crippen molar-refractivity contribution >= 4 is 33.1 Å². The Morgan fingerprint density at radius 2 is 1.75 bits per heavy atom. The fourth-order valence-corrected chi connectivity index (χ4v) is 2.74. The third kappa shape index (κ3) is 3.65. The number of ether oxygens (including phenoxy) is 1. The zero-order chi connectivity index (χ0) is 17.1. The maximum atomic E-state index is 6.18. The zero-order valence-electron chi connectivity index (χ0n) is 13.4. The summed E-state index contributed by atoms with van der Waals surface area (Å²) >= 11 is 3.49. The van der Waals surface area contributed by atoms with Crippen molar-refractivity contribution < 1.29 is 4.74 Å². The first-order chi connectivity index (χ1) is 11.5. The van der Waals surface area contributed by atoms with Crippen molar-refractivity contribution in [3.63, 3.8) is 0 Å². The van der Waals surface area contributed by atoms with E-state index in [2.05, 4.69) is 37.3 Å². The highest BCUT2D eigenvalue weighted by Crippen LogP contribution is 2.33. The van der Waals surface area contributed by atoms with E-state index in [-0.39, 0.29) is 0 Å². The number of nitrogens with one attached hydrogen (secondary N) is 1. The second kappa shape index (κ2) is 6.88. The number of hydrogen-bond acceptors (Lipinski definition) is 5. The van der Waals surface area contributed by atoms with Crippen LogP contribution in [0.15, 0.2) is 53.3 Å². The number of aromatic nitrogens is 2. The number of benzene rings is 2. The molecule has 0 unspecified atom stereocenters. The summed E-state index contributed by atoms with van der Waals surface area (Å²) in [5.74, 6) is 1.52. The van der Waals surface area contributed by atoms with Crippen LogP contribution in [0.5, 0.6) is 11.6 Å². The maximum absolute atomic E-state index is 6.18. The molecular weight excluding hydrogens is 368 g/mol. The number of hydrogen-bond donors (Lipinski definition) is 2. The molecule has 3 rings (SSSR count). The van der Waals surface area contributed by atoms with Gasteiger partial charge in [0.15, 0.2) is 5.82 Å². The van der Waals surface area contributed by atoms with E-state index in [1.807, 2.05) is 50.2 Å². The Morgan fingerprint density at radius 1 is 1.04 bits per heavy atom. The Bertz CT molecular complexity index is 862. The lowest BCUT2D eigenvalue weighted by molar-refractivity contribution is 0.464. The maximum Gasteiger partial charge on any atom is 0.248 e. The number of nitrogen functional groups attached to an aromatic ring is 1. The summed E-state index contributed by atoms with van der Waals surface area (Å²) in [4.78, 5) is 8.35. The minimum atomic E-state index is 0.324. The predicted molar refractivity (Wildman–Crippen MR) is 99.9 cm³/mol. The minimum absolute atomic E-state index is 0.324. The number of nitrogens with two attached hydrogens (primary N) is 1. The van der Waals surface area contributed by atoms with Crippen molar-refractivity contribution in [3.05, 3.63) is 64.4 Å². The van der Waals surface area contributed by atoms with Crippen LogP contribution in [0, 0.1) is 13.8 Å². The zero-order valence-corrected chi connectivity index (χ0v) is 15.0. The van der Waals surface area contributed by atoms with Crippen LogP contribution in [0.1, 0.15) is 11.1 Å². The SMILES string of the molecule is Cc1cc(C)cc(Oc2ncnc(Nc3ccccc3Br)c2N)c1. The highest BCUT2D eigenvalue weighted by molar-refractivity contribution is 9.10. The Morgan fingerprint density at radius 3 is 2.46 bits per heavy atom. The highest BCUT2D eigenvalue weighted by atomic mass is 79.9. The van der Waals surface area contributed by atoms with Gasteiger partial charge < -0.3 is 15.8 Å². The first-order valence-electron chi connectivity index (χ1n) is 7.41. The third-order valence-electron chi connectivity index (χ3n) is 3.38. The second-order valence-electron chi connectivity index (χ2n) is 5.47. The average molecular weight is 385 g/mol. The van der Waals surface area contributed by atoms with Gasteiger partial charge in [0.1, 0.15) is 17.8 Å². The smallest absolute Gasteiger partial charge is 0.248 e. The molecule has 122 valence electrons. The molecule has 0 aliphatic heterocycles. The van der Waals surface area contributed by atoms with E-state index >= 15 is 0 Å². The molecular formula is C18H17BrN4O. The molecule has 0 aliphatic rings. The van der Waals surface area contributed by atoms with Gasteiger partial charge in [-0.25, -0.2) is 4.98 Å². The van der Waals surface area contributed by atoms with Gasteiger partial charge in [0, 0.05) is 4.47 Å². The van der Waals surface area contributed by atoms with Crippen LogP contribution in [0.25, 0.3) is 0 Å². The minimum Gasteiger partial charge on any atom is -0.437 e. The van der Waals surface area contributed by atoms with Crippen LogP contribution in [0.3, 0.4) is 0 Å². The van der Waals surface area contributed by atoms with Crippen LogP contribution >= 0.6 is 15.9 Å². The Labute approximate surface area is 149 Å². The van der Waals surface area contributed by atoms with Crippen LogP contribution in [0.2, 0.25) is 0 Å². The van der Waals surface area contributed by atoms with Crippen molar-refractivity contribution in [2.75, 3.05) is 11.1 Å². The van der Waals surface area contributed by atoms with Crippen LogP contribution in [-0.2, 0) is 0 Å². The van der Waals surface area contributed by atoms with Crippen molar-refractivity contribution in [2.24, 2.45) is 0 Å². The second-order valence-corrected chi connectivity index (χ2v) is 6.33. The number of nitrogens with zero attached hydrogens (tertiary/aromatic N) is 2. The lowest BCUT2D eigenvalue weighted by Crippen LogP contribution is -2.03. The lowest BCUT2D eigenvalue weighted by atomic mass is 10.1. The number of anilines is 3. The van der Waals surface area contributed by atoms with Crippen molar-refractivity contribution in [1.29, 1.82) is 0 Å². The molecule has 0 atom stereocenters. The molecule has 3 N–H and O–H groups in total. The molecule has 5 nitrogen and oxygen atoms in total. The Hall–Kier alpha value is -2.60. The molecule has 6 heteroatoms. The van der Waals surface area contributed by atoms with Crippen molar-refractivity contribution in [2.45, 2.75) is 13.8 Å². The van der Waals surface area contributed by atoms with E-state index in [9.17, 15) is 0 Å². The largest absolute Gasteiger partial charge is 0.437 e. The van der Waals surface area contributed by atoms with Gasteiger partial charge in [-0.05, 0) is 65.2 Å². The quantitative estimate of drug-likeness (QED) is 0.663. The summed E-state index contributed by atoms with van der Waals surface area (Å²) in [7, 11) is 0. The van der Waals surface area contributed by atoms with Crippen molar-refractivity contribution in [3.8, 4) is 11.6 Å². The van der Waals surface area contributed by atoms with E-state index in [1.54, 1.807) is 0 Å². The fourth-order valence-electron chi connectivity index (χ4n) is 2.35. The predicted octanol–water partition coefficient (Wildman–Crippen LogP) is 4.97. The van der Waals surface area contributed by atoms with Crippen LogP contribution in [-0.4, -0.2) is 9.97 Å². The highest BCUT2D eigenvalue weighted by Gasteiger charge is 2.12. The topological polar surface area (TPSA) is 73.1 Å². The van der Waals surface area contributed by atoms with Gasteiger partial charge in [-0.3, -0.25) is 0 Å². The van der Waals surface area contributed by atoms with Crippen molar-refractivity contribution in [1.82, 2.24) is 9.97 Å². The Kier molecular flexibility index (Phi) is 4.66. The molecule has 0 bridgehead atoms. The summed E-state index contributed by atoms with van der Waals surface area (Å²) in [6, 6.07) is 13.7.